The maximum Gasteiger partial charge on any atom is 0.0788 e. The molecule has 0 N–H and O–H groups in total. The van der Waals surface area contributed by atoms with Gasteiger partial charge in [0.15, 0.2) is 0 Å². The van der Waals surface area contributed by atoms with Crippen molar-refractivity contribution in [1.29, 1.82) is 0 Å². The summed E-state index contributed by atoms with van der Waals surface area (Å²) in [5.74, 6) is 0. The van der Waals surface area contributed by atoms with Crippen LogP contribution in [0.25, 0.3) is 88.0 Å². The van der Waals surface area contributed by atoms with Crippen molar-refractivity contribution < 1.29 is 0 Å². The van der Waals surface area contributed by atoms with Gasteiger partial charge in [-0.15, -0.1) is 0 Å². The van der Waals surface area contributed by atoms with Crippen LogP contribution in [0.1, 0.15) is 0 Å². The number of aromatic nitrogens is 2. The highest BCUT2D eigenvalue weighted by molar-refractivity contribution is 6.23. The fourth-order valence-corrected chi connectivity index (χ4v) is 7.78. The molecule has 0 saturated heterocycles. The minimum absolute atomic E-state index is 1.15. The SMILES string of the molecule is c1ccc(-n2c3ccccc3c3ccc4c5ccccc5n(-c5cccc(-c6cccc(-c7cccc8ccccc78)c6)c5)c4c32)cc1. The van der Waals surface area contributed by atoms with Gasteiger partial charge in [0, 0.05) is 32.9 Å². The molecule has 0 aliphatic heterocycles. The van der Waals surface area contributed by atoms with E-state index < -0.39 is 0 Å². The lowest BCUT2D eigenvalue weighted by Crippen LogP contribution is -1.98. The average Bonchev–Trinajstić information content (AvgIpc) is 3.68. The zero-order chi connectivity index (χ0) is 31.6. The molecule has 2 heterocycles. The molecule has 2 nitrogen and oxygen atoms in total. The summed E-state index contributed by atoms with van der Waals surface area (Å²) in [5, 5.41) is 7.55. The van der Waals surface area contributed by atoms with E-state index >= 15 is 0 Å². The van der Waals surface area contributed by atoms with Crippen LogP contribution < -0.4 is 0 Å². The molecule has 2 aromatic heterocycles. The van der Waals surface area contributed by atoms with E-state index in [9.17, 15) is 0 Å². The molecule has 0 radical (unpaired) electrons. The van der Waals surface area contributed by atoms with E-state index in [1.807, 2.05) is 0 Å². The number of fused-ring (bicyclic) bond motifs is 8. The lowest BCUT2D eigenvalue weighted by Gasteiger charge is -2.14. The summed E-state index contributed by atoms with van der Waals surface area (Å²) in [7, 11) is 0. The van der Waals surface area contributed by atoms with Crippen molar-refractivity contribution in [2.45, 2.75) is 0 Å². The van der Waals surface area contributed by atoms with E-state index in [4.69, 9.17) is 0 Å². The Labute approximate surface area is 278 Å². The molecule has 0 saturated carbocycles. The van der Waals surface area contributed by atoms with E-state index in [1.165, 1.54) is 76.6 Å². The Balaban J connectivity index is 1.24. The van der Waals surface area contributed by atoms with Crippen LogP contribution in [0.3, 0.4) is 0 Å². The monoisotopic (exact) mass is 610 g/mol. The zero-order valence-corrected chi connectivity index (χ0v) is 26.2. The average molecular weight is 611 g/mol. The van der Waals surface area contributed by atoms with Crippen molar-refractivity contribution in [2.24, 2.45) is 0 Å². The van der Waals surface area contributed by atoms with E-state index in [1.54, 1.807) is 0 Å². The molecule has 10 rings (SSSR count). The number of para-hydroxylation sites is 3. The van der Waals surface area contributed by atoms with Gasteiger partial charge in [-0.05, 0) is 75.5 Å². The van der Waals surface area contributed by atoms with Crippen molar-refractivity contribution in [1.82, 2.24) is 9.13 Å². The van der Waals surface area contributed by atoms with Gasteiger partial charge in [-0.2, -0.15) is 0 Å². The second-order valence-electron chi connectivity index (χ2n) is 12.6. The second kappa shape index (κ2) is 10.6. The Bertz CT molecular complexity index is 2830. The lowest BCUT2D eigenvalue weighted by molar-refractivity contribution is 1.15. The number of hydrogen-bond acceptors (Lipinski definition) is 0. The van der Waals surface area contributed by atoms with Crippen LogP contribution in [0.5, 0.6) is 0 Å². The van der Waals surface area contributed by atoms with Crippen LogP contribution in [-0.4, -0.2) is 9.13 Å². The van der Waals surface area contributed by atoms with E-state index in [0.717, 1.165) is 11.4 Å². The van der Waals surface area contributed by atoms with Crippen molar-refractivity contribution in [3.63, 3.8) is 0 Å². The predicted octanol–water partition coefficient (Wildman–Crippen LogP) is 12.4. The van der Waals surface area contributed by atoms with Crippen molar-refractivity contribution in [3.8, 4) is 33.6 Å². The Morgan fingerprint density at radius 3 is 1.52 bits per heavy atom. The molecule has 2 heteroatoms. The van der Waals surface area contributed by atoms with Gasteiger partial charge >= 0.3 is 0 Å². The lowest BCUT2D eigenvalue weighted by atomic mass is 9.95. The van der Waals surface area contributed by atoms with Crippen LogP contribution in [0.4, 0.5) is 0 Å². The molecular weight excluding hydrogens is 581 g/mol. The molecular formula is C46H30N2. The predicted molar refractivity (Wildman–Crippen MR) is 203 cm³/mol. The number of hydrogen-bond donors (Lipinski definition) is 0. The van der Waals surface area contributed by atoms with E-state index in [0.29, 0.717) is 0 Å². The molecule has 8 aromatic carbocycles. The van der Waals surface area contributed by atoms with Gasteiger partial charge in [0.1, 0.15) is 0 Å². The fourth-order valence-electron chi connectivity index (χ4n) is 7.78. The summed E-state index contributed by atoms with van der Waals surface area (Å²) < 4.78 is 4.92. The number of rotatable bonds is 4. The Morgan fingerprint density at radius 1 is 0.292 bits per heavy atom. The summed E-state index contributed by atoms with van der Waals surface area (Å²) in [6.07, 6.45) is 0. The molecule has 0 bridgehead atoms. The van der Waals surface area contributed by atoms with E-state index in [-0.39, 0.29) is 0 Å². The first-order chi connectivity index (χ1) is 23.8. The normalized spacial score (nSPS) is 11.8. The molecule has 224 valence electrons. The van der Waals surface area contributed by atoms with Crippen LogP contribution >= 0.6 is 0 Å². The Morgan fingerprint density at radius 2 is 0.792 bits per heavy atom. The van der Waals surface area contributed by atoms with Gasteiger partial charge in [-0.1, -0.05) is 140 Å². The van der Waals surface area contributed by atoms with Crippen LogP contribution in [0, 0.1) is 0 Å². The van der Waals surface area contributed by atoms with Gasteiger partial charge in [0.05, 0.1) is 22.1 Å². The summed E-state index contributed by atoms with van der Waals surface area (Å²) in [6, 6.07) is 66.2. The molecule has 0 spiro atoms. The smallest absolute Gasteiger partial charge is 0.0788 e. The molecule has 48 heavy (non-hydrogen) atoms. The summed E-state index contributed by atoms with van der Waals surface area (Å²) >= 11 is 0. The molecule has 0 aliphatic rings. The first-order valence-corrected chi connectivity index (χ1v) is 16.5. The van der Waals surface area contributed by atoms with E-state index in [2.05, 4.69) is 191 Å². The topological polar surface area (TPSA) is 9.86 Å². The van der Waals surface area contributed by atoms with Gasteiger partial charge < -0.3 is 9.13 Å². The molecule has 0 amide bonds. The van der Waals surface area contributed by atoms with Gasteiger partial charge in [-0.25, -0.2) is 0 Å². The van der Waals surface area contributed by atoms with Gasteiger partial charge in [0.25, 0.3) is 0 Å². The quantitative estimate of drug-likeness (QED) is 0.188. The van der Waals surface area contributed by atoms with Gasteiger partial charge in [-0.3, -0.25) is 0 Å². The van der Waals surface area contributed by atoms with Gasteiger partial charge in [0.2, 0.25) is 0 Å². The fraction of sp³-hybridized carbons (Fsp3) is 0. The first-order valence-electron chi connectivity index (χ1n) is 16.5. The van der Waals surface area contributed by atoms with Crippen LogP contribution in [0.2, 0.25) is 0 Å². The van der Waals surface area contributed by atoms with Crippen molar-refractivity contribution >= 4 is 54.4 Å². The maximum absolute atomic E-state index is 2.48. The minimum atomic E-state index is 1.15. The molecule has 0 fully saturated rings. The van der Waals surface area contributed by atoms with Crippen molar-refractivity contribution in [2.75, 3.05) is 0 Å². The Hall–Kier alpha value is -6.38. The maximum atomic E-state index is 2.48. The molecule has 0 aliphatic carbocycles. The molecule has 10 aromatic rings. The summed E-state index contributed by atoms with van der Waals surface area (Å²) in [4.78, 5) is 0. The number of benzene rings is 8. The summed E-state index contributed by atoms with van der Waals surface area (Å²) in [5.41, 5.74) is 12.0. The highest BCUT2D eigenvalue weighted by Gasteiger charge is 2.21. The largest absolute Gasteiger partial charge is 0.307 e. The second-order valence-corrected chi connectivity index (χ2v) is 12.6. The van der Waals surface area contributed by atoms with Crippen molar-refractivity contribution in [3.05, 3.63) is 182 Å². The van der Waals surface area contributed by atoms with Crippen LogP contribution in [0.15, 0.2) is 182 Å². The first kappa shape index (κ1) is 26.8. The third kappa shape index (κ3) is 4.00. The molecule has 0 atom stereocenters. The summed E-state index contributed by atoms with van der Waals surface area (Å²) in [6.45, 7) is 0. The third-order valence-electron chi connectivity index (χ3n) is 9.88. The van der Waals surface area contributed by atoms with Crippen LogP contribution in [-0.2, 0) is 0 Å². The third-order valence-corrected chi connectivity index (χ3v) is 9.88. The Kier molecular flexibility index (Phi) is 5.91. The number of nitrogens with zero attached hydrogens (tertiary/aromatic N) is 2. The standard InChI is InChI=1S/C46H30N2/c1-2-18-35(19-3-1)47-43-25-8-6-22-39(43)41-27-28-42-40-23-7-9-26-44(40)48(46(42)45(41)47)36-20-11-16-33(30-36)32-15-10-17-34(29-32)38-24-12-14-31-13-4-5-21-37(31)38/h1-30H. The highest BCUT2D eigenvalue weighted by Crippen LogP contribution is 2.42. The minimum Gasteiger partial charge on any atom is -0.307 e. The highest BCUT2D eigenvalue weighted by atomic mass is 15.0. The molecule has 0 unspecified atom stereocenters. The zero-order valence-electron chi connectivity index (χ0n) is 26.2.